The van der Waals surface area contributed by atoms with Crippen molar-refractivity contribution in [3.8, 4) is 0 Å². The molecule has 11 heavy (non-hydrogen) atoms. The molecule has 62 valence electrons. The van der Waals surface area contributed by atoms with Gasteiger partial charge in [-0.25, -0.2) is 0 Å². The van der Waals surface area contributed by atoms with Crippen molar-refractivity contribution in [2.75, 3.05) is 0 Å². The SMILES string of the molecule is CC12CCCC(O)(C1)C(=O)C2. The molecule has 2 fully saturated rings. The number of ketones is 1. The number of hydrogen-bond donors (Lipinski definition) is 1. The Morgan fingerprint density at radius 2 is 2.18 bits per heavy atom. The third kappa shape index (κ3) is 0.924. The number of rotatable bonds is 0. The number of hydrogen-bond acceptors (Lipinski definition) is 2. The Labute approximate surface area is 66.6 Å². The van der Waals surface area contributed by atoms with Gasteiger partial charge in [-0.3, -0.25) is 4.79 Å². The van der Waals surface area contributed by atoms with Gasteiger partial charge < -0.3 is 5.11 Å². The number of Topliss-reactive ketones (excluding diaryl/α,β-unsaturated/α-hetero) is 1. The Hall–Kier alpha value is -0.370. The Morgan fingerprint density at radius 1 is 1.45 bits per heavy atom. The van der Waals surface area contributed by atoms with Crippen LogP contribution in [0, 0.1) is 5.41 Å². The van der Waals surface area contributed by atoms with Crippen molar-refractivity contribution >= 4 is 5.78 Å². The molecule has 0 aromatic heterocycles. The highest BCUT2D eigenvalue weighted by Gasteiger charge is 2.53. The molecule has 2 bridgehead atoms. The van der Waals surface area contributed by atoms with E-state index in [1.807, 2.05) is 0 Å². The Kier molecular flexibility index (Phi) is 1.23. The summed E-state index contributed by atoms with van der Waals surface area (Å²) < 4.78 is 0. The van der Waals surface area contributed by atoms with Gasteiger partial charge in [-0.1, -0.05) is 6.92 Å². The molecule has 2 atom stereocenters. The molecule has 2 saturated carbocycles. The summed E-state index contributed by atoms with van der Waals surface area (Å²) in [6.07, 6.45) is 4.13. The summed E-state index contributed by atoms with van der Waals surface area (Å²) >= 11 is 0. The monoisotopic (exact) mass is 154 g/mol. The summed E-state index contributed by atoms with van der Waals surface area (Å²) in [5.74, 6) is 0.0810. The predicted molar refractivity (Wildman–Crippen MR) is 41.1 cm³/mol. The Bertz CT molecular complexity index is 212. The average Bonchev–Trinajstić information content (AvgIpc) is 1.99. The molecular weight excluding hydrogens is 140 g/mol. The minimum absolute atomic E-state index is 0.0810. The maximum absolute atomic E-state index is 11.3. The van der Waals surface area contributed by atoms with Crippen molar-refractivity contribution < 1.29 is 9.90 Å². The summed E-state index contributed by atoms with van der Waals surface area (Å²) in [6.45, 7) is 2.11. The molecule has 2 heteroatoms. The smallest absolute Gasteiger partial charge is 0.164 e. The van der Waals surface area contributed by atoms with Crippen LogP contribution in [-0.2, 0) is 4.79 Å². The van der Waals surface area contributed by atoms with Gasteiger partial charge in [0.05, 0.1) is 0 Å². The average molecular weight is 154 g/mol. The van der Waals surface area contributed by atoms with E-state index >= 15 is 0 Å². The van der Waals surface area contributed by atoms with Crippen LogP contribution in [0.5, 0.6) is 0 Å². The predicted octanol–water partition coefficient (Wildman–Crippen LogP) is 1.27. The molecule has 2 unspecified atom stereocenters. The number of aliphatic hydroxyl groups is 1. The minimum atomic E-state index is -0.924. The molecule has 0 spiro atoms. The van der Waals surface area contributed by atoms with E-state index in [1.54, 1.807) is 0 Å². The summed E-state index contributed by atoms with van der Waals surface area (Å²) in [5, 5.41) is 9.81. The maximum Gasteiger partial charge on any atom is 0.164 e. The maximum atomic E-state index is 11.3. The van der Waals surface area contributed by atoms with Crippen molar-refractivity contribution in [3.05, 3.63) is 0 Å². The fourth-order valence-electron chi connectivity index (χ4n) is 2.63. The topological polar surface area (TPSA) is 37.3 Å². The first kappa shape index (κ1) is 7.29. The lowest BCUT2D eigenvalue weighted by molar-refractivity contribution is -0.134. The highest BCUT2D eigenvalue weighted by Crippen LogP contribution is 2.51. The molecule has 1 N–H and O–H groups in total. The van der Waals surface area contributed by atoms with E-state index in [2.05, 4.69) is 6.92 Å². The summed E-state index contributed by atoms with van der Waals surface area (Å²) in [5.41, 5.74) is -0.795. The van der Waals surface area contributed by atoms with Gasteiger partial charge in [0, 0.05) is 6.42 Å². The standard InChI is InChI=1S/C9H14O2/c1-8-3-2-4-9(11,6-8)7(10)5-8/h11H,2-6H2,1H3. The van der Waals surface area contributed by atoms with Crippen molar-refractivity contribution in [1.82, 2.24) is 0 Å². The van der Waals surface area contributed by atoms with Crippen LogP contribution >= 0.6 is 0 Å². The molecule has 2 aliphatic rings. The second kappa shape index (κ2) is 1.86. The molecule has 0 radical (unpaired) electrons. The largest absolute Gasteiger partial charge is 0.382 e. The third-order valence-electron chi connectivity index (χ3n) is 3.20. The van der Waals surface area contributed by atoms with Crippen LogP contribution in [0.1, 0.15) is 39.0 Å². The van der Waals surface area contributed by atoms with Crippen LogP contribution < -0.4 is 0 Å². The van der Waals surface area contributed by atoms with Gasteiger partial charge >= 0.3 is 0 Å². The summed E-state index contributed by atoms with van der Waals surface area (Å²) in [6, 6.07) is 0. The van der Waals surface area contributed by atoms with Crippen molar-refractivity contribution in [2.45, 2.75) is 44.6 Å². The van der Waals surface area contributed by atoms with E-state index < -0.39 is 5.60 Å². The lowest BCUT2D eigenvalue weighted by Gasteiger charge is -2.31. The van der Waals surface area contributed by atoms with Gasteiger partial charge in [-0.2, -0.15) is 0 Å². The normalized spacial score (nSPS) is 49.8. The van der Waals surface area contributed by atoms with E-state index in [0.717, 1.165) is 12.8 Å². The lowest BCUT2D eigenvalue weighted by atomic mass is 9.76. The number of carbonyl (C=O) groups is 1. The van der Waals surface area contributed by atoms with E-state index in [0.29, 0.717) is 19.3 Å². The minimum Gasteiger partial charge on any atom is -0.382 e. The molecule has 2 nitrogen and oxygen atoms in total. The molecule has 2 rings (SSSR count). The van der Waals surface area contributed by atoms with Crippen LogP contribution in [0.3, 0.4) is 0 Å². The van der Waals surface area contributed by atoms with Crippen LogP contribution in [0.2, 0.25) is 0 Å². The molecule has 0 aliphatic heterocycles. The fraction of sp³-hybridized carbons (Fsp3) is 0.889. The fourth-order valence-corrected chi connectivity index (χ4v) is 2.63. The van der Waals surface area contributed by atoms with E-state index in [1.165, 1.54) is 0 Å². The van der Waals surface area contributed by atoms with Gasteiger partial charge in [0.2, 0.25) is 0 Å². The van der Waals surface area contributed by atoms with Gasteiger partial charge in [0.1, 0.15) is 5.60 Å². The molecule has 0 amide bonds. The van der Waals surface area contributed by atoms with Gasteiger partial charge in [-0.05, 0) is 31.1 Å². The zero-order valence-corrected chi connectivity index (χ0v) is 6.89. The van der Waals surface area contributed by atoms with Gasteiger partial charge in [-0.15, -0.1) is 0 Å². The van der Waals surface area contributed by atoms with E-state index in [4.69, 9.17) is 0 Å². The highest BCUT2D eigenvalue weighted by molar-refractivity contribution is 5.90. The van der Waals surface area contributed by atoms with Crippen LogP contribution in [-0.4, -0.2) is 16.5 Å². The van der Waals surface area contributed by atoms with Gasteiger partial charge in [0.25, 0.3) is 0 Å². The van der Waals surface area contributed by atoms with Crippen LogP contribution in [0.4, 0.5) is 0 Å². The van der Waals surface area contributed by atoms with E-state index in [9.17, 15) is 9.90 Å². The van der Waals surface area contributed by atoms with Crippen molar-refractivity contribution in [1.29, 1.82) is 0 Å². The highest BCUT2D eigenvalue weighted by atomic mass is 16.3. The van der Waals surface area contributed by atoms with Crippen molar-refractivity contribution in [3.63, 3.8) is 0 Å². The van der Waals surface area contributed by atoms with Crippen LogP contribution in [0.25, 0.3) is 0 Å². The summed E-state index contributed by atoms with van der Waals surface area (Å²) in [4.78, 5) is 11.3. The quantitative estimate of drug-likeness (QED) is 0.570. The first-order valence-electron chi connectivity index (χ1n) is 4.30. The molecule has 0 aromatic carbocycles. The number of carbonyl (C=O) groups excluding carboxylic acids is 1. The summed E-state index contributed by atoms with van der Waals surface area (Å²) in [7, 11) is 0. The zero-order chi connectivity index (χ0) is 8.11. The lowest BCUT2D eigenvalue weighted by Crippen LogP contribution is -2.36. The van der Waals surface area contributed by atoms with E-state index in [-0.39, 0.29) is 11.2 Å². The van der Waals surface area contributed by atoms with Crippen LogP contribution in [0.15, 0.2) is 0 Å². The third-order valence-corrected chi connectivity index (χ3v) is 3.20. The Morgan fingerprint density at radius 3 is 2.73 bits per heavy atom. The second-order valence-electron chi connectivity index (χ2n) is 4.47. The van der Waals surface area contributed by atoms with Gasteiger partial charge in [0.15, 0.2) is 5.78 Å². The number of fused-ring (bicyclic) bond motifs is 2. The molecule has 0 saturated heterocycles. The zero-order valence-electron chi connectivity index (χ0n) is 6.89. The second-order valence-corrected chi connectivity index (χ2v) is 4.47. The van der Waals surface area contributed by atoms with Crippen molar-refractivity contribution in [2.24, 2.45) is 5.41 Å². The molecule has 0 heterocycles. The Balaban J connectivity index is 2.33. The molecule has 0 aromatic rings. The first-order valence-corrected chi connectivity index (χ1v) is 4.30. The molecular formula is C9H14O2. The molecule has 2 aliphatic carbocycles. The first-order chi connectivity index (χ1) is 5.04.